The van der Waals surface area contributed by atoms with E-state index in [-0.39, 0.29) is 5.76 Å². The van der Waals surface area contributed by atoms with Crippen LogP contribution in [0.15, 0.2) is 34.9 Å². The molecule has 0 N–H and O–H groups in total. The Hall–Kier alpha value is -1.81. The summed E-state index contributed by atoms with van der Waals surface area (Å²) in [4.78, 5) is 15.3. The third kappa shape index (κ3) is 2.65. The van der Waals surface area contributed by atoms with Crippen LogP contribution in [-0.4, -0.2) is 17.6 Å². The summed E-state index contributed by atoms with van der Waals surface area (Å²) in [6, 6.07) is 6.69. The molecule has 0 saturated carbocycles. The first-order valence-electron chi connectivity index (χ1n) is 5.09. The summed E-state index contributed by atoms with van der Waals surface area (Å²) in [5, 5.41) is 0.408. The average Bonchev–Trinajstić information content (AvgIpc) is 2.80. The van der Waals surface area contributed by atoms with Gasteiger partial charge in [-0.1, -0.05) is 11.6 Å². The Morgan fingerprint density at radius 1 is 1.41 bits per heavy atom. The largest absolute Gasteiger partial charge is 0.460 e. The second-order valence-corrected chi connectivity index (χ2v) is 3.64. The number of pyridine rings is 1. The van der Waals surface area contributed by atoms with Gasteiger partial charge in [-0.3, -0.25) is 0 Å². The number of ether oxygens (including phenoxy) is 1. The van der Waals surface area contributed by atoms with Crippen molar-refractivity contribution in [3.05, 3.63) is 41.4 Å². The number of esters is 1. The van der Waals surface area contributed by atoms with Gasteiger partial charge in [-0.15, -0.1) is 0 Å². The number of hydrogen-bond acceptors (Lipinski definition) is 4. The lowest BCUT2D eigenvalue weighted by Gasteiger charge is -1.98. The molecule has 0 aliphatic heterocycles. The summed E-state index contributed by atoms with van der Waals surface area (Å²) in [7, 11) is 0. The minimum absolute atomic E-state index is 0.178. The number of carbonyl (C=O) groups is 1. The Balaban J connectivity index is 2.23. The van der Waals surface area contributed by atoms with E-state index in [2.05, 4.69) is 4.98 Å². The van der Waals surface area contributed by atoms with Gasteiger partial charge >= 0.3 is 5.97 Å². The molecule has 17 heavy (non-hydrogen) atoms. The maximum absolute atomic E-state index is 11.4. The van der Waals surface area contributed by atoms with Gasteiger partial charge in [-0.25, -0.2) is 9.78 Å². The zero-order valence-electron chi connectivity index (χ0n) is 9.14. The number of hydrogen-bond donors (Lipinski definition) is 0. The molecule has 2 rings (SSSR count). The highest BCUT2D eigenvalue weighted by Gasteiger charge is 2.12. The van der Waals surface area contributed by atoms with E-state index < -0.39 is 5.97 Å². The normalized spacial score (nSPS) is 10.2. The van der Waals surface area contributed by atoms with Crippen LogP contribution in [0.3, 0.4) is 0 Å². The molecular weight excluding hydrogens is 242 g/mol. The third-order valence-corrected chi connectivity index (χ3v) is 2.32. The van der Waals surface area contributed by atoms with Gasteiger partial charge in [0.05, 0.1) is 6.61 Å². The van der Waals surface area contributed by atoms with E-state index in [1.807, 2.05) is 0 Å². The molecule has 0 unspecified atom stereocenters. The van der Waals surface area contributed by atoms with E-state index in [1.165, 1.54) is 0 Å². The Morgan fingerprint density at radius 3 is 2.88 bits per heavy atom. The molecule has 0 radical (unpaired) electrons. The van der Waals surface area contributed by atoms with Crippen molar-refractivity contribution in [1.82, 2.24) is 4.98 Å². The van der Waals surface area contributed by atoms with Crippen molar-refractivity contribution >= 4 is 17.6 Å². The number of halogens is 1. The van der Waals surface area contributed by atoms with Crippen LogP contribution in [0.5, 0.6) is 0 Å². The first-order chi connectivity index (χ1) is 8.20. The molecule has 88 valence electrons. The molecule has 0 aromatic carbocycles. The smallest absolute Gasteiger partial charge is 0.374 e. The quantitative estimate of drug-likeness (QED) is 0.621. The van der Waals surface area contributed by atoms with E-state index >= 15 is 0 Å². The Bertz CT molecular complexity index is 519. The van der Waals surface area contributed by atoms with Crippen LogP contribution in [0.2, 0.25) is 5.15 Å². The summed E-state index contributed by atoms with van der Waals surface area (Å²) in [5.74, 6) is 0.259. The molecule has 0 bridgehead atoms. The third-order valence-electron chi connectivity index (χ3n) is 2.09. The van der Waals surface area contributed by atoms with Crippen LogP contribution in [0, 0.1) is 0 Å². The van der Waals surface area contributed by atoms with E-state index in [0.29, 0.717) is 17.5 Å². The van der Waals surface area contributed by atoms with Crippen molar-refractivity contribution in [2.24, 2.45) is 0 Å². The van der Waals surface area contributed by atoms with E-state index in [0.717, 1.165) is 5.56 Å². The standard InChI is InChI=1S/C12H10ClNO3/c1-2-16-12(15)10-5-4-9(17-10)8-3-6-11(13)14-7-8/h3-7H,2H2,1H3. The Kier molecular flexibility index (Phi) is 3.44. The number of nitrogens with zero attached hydrogens (tertiary/aromatic N) is 1. The number of rotatable bonds is 3. The average molecular weight is 252 g/mol. The topological polar surface area (TPSA) is 52.3 Å². The van der Waals surface area contributed by atoms with Gasteiger partial charge in [0.1, 0.15) is 10.9 Å². The molecule has 2 heterocycles. The minimum atomic E-state index is -0.472. The van der Waals surface area contributed by atoms with Crippen molar-refractivity contribution < 1.29 is 13.9 Å². The van der Waals surface area contributed by atoms with Crippen LogP contribution in [0.25, 0.3) is 11.3 Å². The molecule has 0 fully saturated rings. The highest BCUT2D eigenvalue weighted by atomic mass is 35.5. The molecule has 2 aromatic heterocycles. The monoisotopic (exact) mass is 251 g/mol. The molecule has 0 aliphatic carbocycles. The molecule has 0 amide bonds. The summed E-state index contributed by atoms with van der Waals surface area (Å²) in [6.07, 6.45) is 1.58. The number of furan rings is 1. The summed E-state index contributed by atoms with van der Waals surface area (Å²) < 4.78 is 10.2. The molecule has 2 aromatic rings. The highest BCUT2D eigenvalue weighted by Crippen LogP contribution is 2.22. The van der Waals surface area contributed by atoms with Crippen LogP contribution >= 0.6 is 11.6 Å². The number of carbonyl (C=O) groups excluding carboxylic acids is 1. The minimum Gasteiger partial charge on any atom is -0.460 e. The zero-order valence-corrected chi connectivity index (χ0v) is 9.90. The van der Waals surface area contributed by atoms with Crippen molar-refractivity contribution in [2.75, 3.05) is 6.61 Å². The van der Waals surface area contributed by atoms with Crippen LogP contribution in [0.4, 0.5) is 0 Å². The predicted octanol–water partition coefficient (Wildman–Crippen LogP) is 3.17. The fourth-order valence-electron chi connectivity index (χ4n) is 1.33. The lowest BCUT2D eigenvalue weighted by Crippen LogP contribution is -2.02. The van der Waals surface area contributed by atoms with E-state index in [9.17, 15) is 4.79 Å². The molecule has 4 nitrogen and oxygen atoms in total. The van der Waals surface area contributed by atoms with Gasteiger partial charge < -0.3 is 9.15 Å². The highest BCUT2D eigenvalue weighted by molar-refractivity contribution is 6.29. The van der Waals surface area contributed by atoms with Gasteiger partial charge in [0.2, 0.25) is 5.76 Å². The molecule has 0 spiro atoms. The Labute approximate surface area is 103 Å². The summed E-state index contributed by atoms with van der Waals surface area (Å²) >= 11 is 5.68. The van der Waals surface area contributed by atoms with E-state index in [4.69, 9.17) is 20.8 Å². The van der Waals surface area contributed by atoms with E-state index in [1.54, 1.807) is 37.4 Å². The van der Waals surface area contributed by atoms with Crippen molar-refractivity contribution in [1.29, 1.82) is 0 Å². The zero-order chi connectivity index (χ0) is 12.3. The van der Waals surface area contributed by atoms with Gasteiger partial charge in [0.15, 0.2) is 0 Å². The lowest BCUT2D eigenvalue weighted by atomic mass is 10.2. The fourth-order valence-corrected chi connectivity index (χ4v) is 1.44. The second-order valence-electron chi connectivity index (χ2n) is 3.25. The Morgan fingerprint density at radius 2 is 2.24 bits per heavy atom. The maximum Gasteiger partial charge on any atom is 0.374 e. The van der Waals surface area contributed by atoms with Crippen molar-refractivity contribution in [3.8, 4) is 11.3 Å². The van der Waals surface area contributed by atoms with Gasteiger partial charge in [-0.05, 0) is 31.2 Å². The fraction of sp³-hybridized carbons (Fsp3) is 0.167. The van der Waals surface area contributed by atoms with Crippen LogP contribution in [-0.2, 0) is 4.74 Å². The molecular formula is C12H10ClNO3. The lowest BCUT2D eigenvalue weighted by molar-refractivity contribution is 0.0491. The first kappa shape index (κ1) is 11.7. The number of aromatic nitrogens is 1. The van der Waals surface area contributed by atoms with Crippen molar-refractivity contribution in [2.45, 2.75) is 6.92 Å². The second kappa shape index (κ2) is 5.01. The molecule has 0 aliphatic rings. The van der Waals surface area contributed by atoms with Gasteiger partial charge in [0, 0.05) is 11.8 Å². The summed E-state index contributed by atoms with van der Waals surface area (Å²) in [5.41, 5.74) is 0.755. The van der Waals surface area contributed by atoms with Crippen molar-refractivity contribution in [3.63, 3.8) is 0 Å². The first-order valence-corrected chi connectivity index (χ1v) is 5.47. The summed E-state index contributed by atoms with van der Waals surface area (Å²) in [6.45, 7) is 2.06. The molecule has 0 saturated heterocycles. The van der Waals surface area contributed by atoms with Gasteiger partial charge in [-0.2, -0.15) is 0 Å². The van der Waals surface area contributed by atoms with Crippen LogP contribution < -0.4 is 0 Å². The molecule has 0 atom stereocenters. The van der Waals surface area contributed by atoms with Crippen LogP contribution in [0.1, 0.15) is 17.5 Å². The van der Waals surface area contributed by atoms with Gasteiger partial charge in [0.25, 0.3) is 0 Å². The predicted molar refractivity (Wildman–Crippen MR) is 62.9 cm³/mol. The SMILES string of the molecule is CCOC(=O)c1ccc(-c2ccc(Cl)nc2)o1. The molecule has 5 heteroatoms. The maximum atomic E-state index is 11.4.